The second-order valence-electron chi connectivity index (χ2n) is 6.95. The van der Waals surface area contributed by atoms with Crippen LogP contribution in [0.25, 0.3) is 10.9 Å². The predicted molar refractivity (Wildman–Crippen MR) is 99.2 cm³/mol. The molecule has 132 valence electrons. The molecule has 0 amide bonds. The average molecular weight is 369 g/mol. The molecule has 1 aliphatic heterocycles. The molecule has 0 saturated heterocycles. The highest BCUT2D eigenvalue weighted by Gasteiger charge is 2.45. The van der Waals surface area contributed by atoms with Gasteiger partial charge in [0.25, 0.3) is 0 Å². The number of aliphatic hydroxyl groups excluding tert-OH is 1. The number of fused-ring (bicyclic) bond motifs is 2. The van der Waals surface area contributed by atoms with Gasteiger partial charge in [0.05, 0.1) is 17.1 Å². The van der Waals surface area contributed by atoms with E-state index in [4.69, 9.17) is 22.1 Å². The highest BCUT2D eigenvalue weighted by atomic mass is 35.5. The number of halogens is 1. The number of anilines is 1. The van der Waals surface area contributed by atoms with Crippen molar-refractivity contribution in [3.05, 3.63) is 52.5 Å². The van der Waals surface area contributed by atoms with Crippen LogP contribution in [-0.2, 0) is 0 Å². The van der Waals surface area contributed by atoms with Gasteiger partial charge in [0.15, 0.2) is 5.82 Å². The Bertz CT molecular complexity index is 1070. The van der Waals surface area contributed by atoms with E-state index in [-0.39, 0.29) is 0 Å². The zero-order valence-electron chi connectivity index (χ0n) is 14.3. The summed E-state index contributed by atoms with van der Waals surface area (Å²) in [5.74, 6) is 0.942. The fraction of sp³-hybridized carbons (Fsp3) is 0.263. The monoisotopic (exact) mass is 368 g/mol. The maximum absolute atomic E-state index is 11.0. The fourth-order valence-corrected chi connectivity index (χ4v) is 3.62. The molecule has 2 heterocycles. The molecule has 2 atom stereocenters. The summed E-state index contributed by atoms with van der Waals surface area (Å²) in [4.78, 5) is 0. The molecule has 0 saturated carbocycles. The van der Waals surface area contributed by atoms with Crippen LogP contribution < -0.4 is 10.5 Å². The minimum absolute atomic E-state index is 0.331. The van der Waals surface area contributed by atoms with E-state index in [1.54, 1.807) is 35.0 Å². The molecule has 6 nitrogen and oxygen atoms in total. The van der Waals surface area contributed by atoms with Gasteiger partial charge in [-0.3, -0.25) is 4.68 Å². The SMILES string of the molecule is CC1(C)Oc2ccc(C#N)cc2[C@@H](n2nc(N)c3cc(Cl)ccc32)[C@@H]1O. The van der Waals surface area contributed by atoms with E-state index in [2.05, 4.69) is 11.2 Å². The first kappa shape index (κ1) is 16.7. The van der Waals surface area contributed by atoms with Gasteiger partial charge in [-0.15, -0.1) is 0 Å². The molecule has 0 spiro atoms. The molecule has 3 aromatic rings. The molecule has 0 unspecified atom stereocenters. The van der Waals surface area contributed by atoms with Crippen molar-refractivity contribution in [2.45, 2.75) is 31.6 Å². The van der Waals surface area contributed by atoms with Gasteiger partial charge in [0.2, 0.25) is 0 Å². The Morgan fingerprint density at radius 3 is 2.81 bits per heavy atom. The average Bonchev–Trinajstić information content (AvgIpc) is 2.91. The fourth-order valence-electron chi connectivity index (χ4n) is 3.45. The van der Waals surface area contributed by atoms with Crippen molar-refractivity contribution >= 4 is 28.3 Å². The van der Waals surface area contributed by atoms with Crippen LogP contribution in [0, 0.1) is 11.3 Å². The zero-order chi connectivity index (χ0) is 18.6. The van der Waals surface area contributed by atoms with Gasteiger partial charge in [-0.1, -0.05) is 11.6 Å². The summed E-state index contributed by atoms with van der Waals surface area (Å²) in [5, 5.41) is 26.0. The Morgan fingerprint density at radius 1 is 1.31 bits per heavy atom. The predicted octanol–water partition coefficient (Wildman–Crippen LogP) is 3.26. The lowest BCUT2D eigenvalue weighted by Gasteiger charge is -2.42. The second-order valence-corrected chi connectivity index (χ2v) is 7.39. The lowest BCUT2D eigenvalue weighted by atomic mass is 9.86. The zero-order valence-corrected chi connectivity index (χ0v) is 15.0. The minimum Gasteiger partial charge on any atom is -0.485 e. The number of aliphatic hydroxyl groups is 1. The van der Waals surface area contributed by atoms with Crippen LogP contribution in [0.4, 0.5) is 5.82 Å². The van der Waals surface area contributed by atoms with E-state index < -0.39 is 17.7 Å². The minimum atomic E-state index is -0.901. The molecule has 0 aliphatic carbocycles. The smallest absolute Gasteiger partial charge is 0.153 e. The van der Waals surface area contributed by atoms with E-state index in [1.807, 2.05) is 19.9 Å². The molecule has 1 aromatic heterocycles. The summed E-state index contributed by atoms with van der Waals surface area (Å²) in [6.45, 7) is 3.63. The van der Waals surface area contributed by atoms with E-state index in [1.165, 1.54) is 0 Å². The third kappa shape index (κ3) is 2.40. The number of ether oxygens (including phenoxy) is 1. The van der Waals surface area contributed by atoms with E-state index >= 15 is 0 Å². The topological polar surface area (TPSA) is 97.1 Å². The first-order valence-corrected chi connectivity index (χ1v) is 8.54. The number of benzene rings is 2. The second kappa shape index (κ2) is 5.63. The lowest BCUT2D eigenvalue weighted by Crippen LogP contribution is -2.50. The van der Waals surface area contributed by atoms with Crippen molar-refractivity contribution in [2.24, 2.45) is 0 Å². The van der Waals surface area contributed by atoms with Crippen molar-refractivity contribution in [3.63, 3.8) is 0 Å². The van der Waals surface area contributed by atoms with Crippen molar-refractivity contribution in [3.8, 4) is 11.8 Å². The Balaban J connectivity index is 2.00. The normalized spacial score (nSPS) is 21.0. The molecule has 3 N–H and O–H groups in total. The number of nitrogen functional groups attached to an aromatic ring is 1. The Hall–Kier alpha value is -2.75. The summed E-state index contributed by atoms with van der Waals surface area (Å²) in [6, 6.07) is 12.1. The van der Waals surface area contributed by atoms with Gasteiger partial charge in [-0.25, -0.2) is 0 Å². The Labute approximate surface area is 155 Å². The van der Waals surface area contributed by atoms with Crippen molar-refractivity contribution in [1.82, 2.24) is 9.78 Å². The van der Waals surface area contributed by atoms with E-state index in [0.717, 1.165) is 5.52 Å². The summed E-state index contributed by atoms with van der Waals surface area (Å²) < 4.78 is 7.66. The maximum Gasteiger partial charge on any atom is 0.153 e. The summed E-state index contributed by atoms with van der Waals surface area (Å²) in [7, 11) is 0. The van der Waals surface area contributed by atoms with Gasteiger partial charge < -0.3 is 15.6 Å². The van der Waals surface area contributed by atoms with Gasteiger partial charge in [-0.2, -0.15) is 10.4 Å². The van der Waals surface area contributed by atoms with Gasteiger partial charge >= 0.3 is 0 Å². The van der Waals surface area contributed by atoms with Crippen LogP contribution in [0.3, 0.4) is 0 Å². The summed E-state index contributed by atoms with van der Waals surface area (Å²) in [6.07, 6.45) is -0.901. The molecule has 0 fully saturated rings. The van der Waals surface area contributed by atoms with Crippen molar-refractivity contribution < 1.29 is 9.84 Å². The van der Waals surface area contributed by atoms with Crippen LogP contribution in [0.2, 0.25) is 5.02 Å². The number of hydrogen-bond acceptors (Lipinski definition) is 5. The van der Waals surface area contributed by atoms with Crippen molar-refractivity contribution in [2.75, 3.05) is 5.73 Å². The first-order chi connectivity index (χ1) is 12.3. The molecule has 2 aromatic carbocycles. The first-order valence-electron chi connectivity index (χ1n) is 8.16. The number of rotatable bonds is 1. The number of nitrogens with zero attached hydrogens (tertiary/aromatic N) is 3. The summed E-state index contributed by atoms with van der Waals surface area (Å²) in [5.41, 5.74) is 7.17. The van der Waals surface area contributed by atoms with Gasteiger partial charge in [-0.05, 0) is 50.2 Å². The molecule has 1 aliphatic rings. The van der Waals surface area contributed by atoms with Crippen LogP contribution >= 0.6 is 11.6 Å². The van der Waals surface area contributed by atoms with E-state index in [0.29, 0.717) is 33.1 Å². The third-order valence-electron chi connectivity index (χ3n) is 4.80. The Kier molecular flexibility index (Phi) is 3.62. The number of nitriles is 1. The van der Waals surface area contributed by atoms with Gasteiger partial charge in [0, 0.05) is 16.0 Å². The highest BCUT2D eigenvalue weighted by molar-refractivity contribution is 6.31. The standard InChI is InChI=1S/C19H17ClN4O2/c1-19(2)17(25)16(13-7-10(9-21)3-6-15(13)26-19)24-14-5-4-11(20)8-12(14)18(22)23-24/h3-8,16-17,25H,1-2H3,(H2,22,23)/t16-,17+/m1/s1. The molecule has 0 bridgehead atoms. The van der Waals surface area contributed by atoms with Crippen molar-refractivity contribution in [1.29, 1.82) is 5.26 Å². The molecule has 26 heavy (non-hydrogen) atoms. The molecule has 7 heteroatoms. The molecular weight excluding hydrogens is 352 g/mol. The molecule has 4 rings (SSSR count). The number of hydrogen-bond donors (Lipinski definition) is 2. The highest BCUT2D eigenvalue weighted by Crippen LogP contribution is 2.43. The summed E-state index contributed by atoms with van der Waals surface area (Å²) >= 11 is 6.08. The van der Waals surface area contributed by atoms with Gasteiger partial charge in [0.1, 0.15) is 23.5 Å². The van der Waals surface area contributed by atoms with Crippen LogP contribution in [0.1, 0.15) is 31.0 Å². The quantitative estimate of drug-likeness (QED) is 0.687. The van der Waals surface area contributed by atoms with E-state index in [9.17, 15) is 10.4 Å². The maximum atomic E-state index is 11.0. The number of aromatic nitrogens is 2. The third-order valence-corrected chi connectivity index (χ3v) is 5.04. The Morgan fingerprint density at radius 2 is 2.08 bits per heavy atom. The number of nitrogens with two attached hydrogens (primary N) is 1. The lowest BCUT2D eigenvalue weighted by molar-refractivity contribution is -0.0649. The largest absolute Gasteiger partial charge is 0.485 e. The molecule has 0 radical (unpaired) electrons. The van der Waals surface area contributed by atoms with Crippen LogP contribution in [-0.4, -0.2) is 26.6 Å². The molecular formula is C19H17ClN4O2. The van der Waals surface area contributed by atoms with Crippen LogP contribution in [0.15, 0.2) is 36.4 Å². The van der Waals surface area contributed by atoms with Crippen LogP contribution in [0.5, 0.6) is 5.75 Å².